The van der Waals surface area contributed by atoms with Crippen molar-refractivity contribution < 1.29 is 47.9 Å². The van der Waals surface area contributed by atoms with Crippen LogP contribution >= 0.6 is 0 Å². The van der Waals surface area contributed by atoms with Crippen molar-refractivity contribution >= 4 is 11.8 Å². The molecular weight excluding hydrogens is 700 g/mol. The normalized spacial score (nSPS) is 41.6. The van der Waals surface area contributed by atoms with Gasteiger partial charge in [0, 0.05) is 31.8 Å². The highest BCUT2D eigenvalue weighted by Gasteiger charge is 2.60. The van der Waals surface area contributed by atoms with E-state index in [1.807, 2.05) is 30.4 Å². The van der Waals surface area contributed by atoms with E-state index in [1.54, 1.807) is 19.1 Å². The molecule has 300 valence electrons. The third-order valence-electron chi connectivity index (χ3n) is 12.6. The Balaban J connectivity index is 1.22. The van der Waals surface area contributed by atoms with E-state index in [-0.39, 0.29) is 49.0 Å². The quantitative estimate of drug-likeness (QED) is 0.222. The zero-order chi connectivity index (χ0) is 38.7. The Morgan fingerprint density at radius 1 is 1.02 bits per heavy atom. The van der Waals surface area contributed by atoms with Crippen LogP contribution in [0.2, 0.25) is 0 Å². The summed E-state index contributed by atoms with van der Waals surface area (Å²) in [6, 6.07) is 10.1. The van der Waals surface area contributed by atoms with Crippen molar-refractivity contribution in [2.24, 2.45) is 17.8 Å². The number of ketones is 1. The fraction of sp³-hybridized carbons (Fsp3) is 0.644. The molecule has 0 amide bonds. The van der Waals surface area contributed by atoms with Crippen LogP contribution < -0.4 is 0 Å². The van der Waals surface area contributed by atoms with Gasteiger partial charge in [0.2, 0.25) is 0 Å². The maximum absolute atomic E-state index is 14.2. The molecule has 1 aromatic rings. The fourth-order valence-corrected chi connectivity index (χ4v) is 9.37. The smallest absolute Gasteiger partial charge is 0.316 e. The van der Waals surface area contributed by atoms with Crippen LogP contribution in [0.25, 0.3) is 0 Å². The summed E-state index contributed by atoms with van der Waals surface area (Å²) in [5.74, 6) is -2.63. The van der Waals surface area contributed by atoms with Crippen LogP contribution in [-0.2, 0) is 42.7 Å². The second-order valence-electron chi connectivity index (χ2n) is 16.6. The molecule has 1 aromatic carbocycles. The Hall–Kier alpha value is -2.96. The number of Topliss-reactive ketones (excluding diaryl/α,β-unsaturated/α-hetero) is 1. The standard InChI is InChI=1S/C45H60O10/c1-6-37-28(2)20-21-44(55-37)25-35-24-34(54-44)19-18-30(4)41(50-27-38(32-14-8-7-9-15-32)53-39-17-10-11-22-49-39)29(3)13-12-16-33-26-51-42-40(46)31(5)23-36(43(47)52-35)45(33,42)48/h7-9,12-16,18,23,28-29,34-39,41-42,48H,6,10-11,17,19-22,24-27H2,1-5H3/b13-12+,30-18+,33-16+/t28-,29-,34+,35-,36-,37+,38?,39?,41+,42+,44+,45+/m0/s1. The maximum Gasteiger partial charge on any atom is 0.316 e. The highest BCUT2D eigenvalue weighted by molar-refractivity contribution is 6.03. The number of esters is 1. The molecule has 1 N–H and O–H groups in total. The van der Waals surface area contributed by atoms with Crippen LogP contribution in [-0.4, -0.2) is 84.9 Å². The van der Waals surface area contributed by atoms with Gasteiger partial charge < -0.3 is 38.3 Å². The van der Waals surface area contributed by atoms with Crippen molar-refractivity contribution in [3.05, 3.63) is 83.0 Å². The first kappa shape index (κ1) is 40.2. The lowest BCUT2D eigenvalue weighted by molar-refractivity contribution is -0.335. The first-order valence-electron chi connectivity index (χ1n) is 20.6. The van der Waals surface area contributed by atoms with E-state index in [4.69, 9.17) is 33.2 Å². The second kappa shape index (κ2) is 17.3. The Morgan fingerprint density at radius 2 is 1.84 bits per heavy atom. The van der Waals surface area contributed by atoms with E-state index < -0.39 is 35.5 Å². The van der Waals surface area contributed by atoms with Crippen molar-refractivity contribution in [3.8, 4) is 0 Å². The average Bonchev–Trinajstić information content (AvgIpc) is 3.52. The summed E-state index contributed by atoms with van der Waals surface area (Å²) in [7, 11) is 0. The van der Waals surface area contributed by atoms with E-state index in [0.717, 1.165) is 43.2 Å². The third kappa shape index (κ3) is 8.66. The molecular formula is C45H60O10. The summed E-state index contributed by atoms with van der Waals surface area (Å²) in [4.78, 5) is 27.5. The molecule has 0 radical (unpaired) electrons. The number of aliphatic hydroxyl groups is 1. The molecule has 6 aliphatic rings. The molecule has 0 aromatic heterocycles. The van der Waals surface area contributed by atoms with Gasteiger partial charge in [-0.1, -0.05) is 81.5 Å². The van der Waals surface area contributed by atoms with Crippen LogP contribution in [0.5, 0.6) is 0 Å². The molecule has 4 saturated heterocycles. The Labute approximate surface area is 326 Å². The van der Waals surface area contributed by atoms with E-state index >= 15 is 0 Å². The van der Waals surface area contributed by atoms with Gasteiger partial charge in [0.05, 0.1) is 31.5 Å². The molecule has 1 aliphatic carbocycles. The number of hydrogen-bond acceptors (Lipinski definition) is 10. The highest BCUT2D eigenvalue weighted by Crippen LogP contribution is 2.46. The molecule has 10 nitrogen and oxygen atoms in total. The Bertz CT molecular complexity index is 1640. The van der Waals surface area contributed by atoms with Crippen molar-refractivity contribution in [3.63, 3.8) is 0 Å². The minimum Gasteiger partial charge on any atom is -0.462 e. The van der Waals surface area contributed by atoms with Gasteiger partial charge in [-0.3, -0.25) is 9.59 Å². The van der Waals surface area contributed by atoms with Gasteiger partial charge in [-0.2, -0.15) is 0 Å². The van der Waals surface area contributed by atoms with Crippen LogP contribution in [0, 0.1) is 17.8 Å². The summed E-state index contributed by atoms with van der Waals surface area (Å²) >= 11 is 0. The molecule has 55 heavy (non-hydrogen) atoms. The van der Waals surface area contributed by atoms with E-state index in [1.165, 1.54) is 0 Å². The van der Waals surface area contributed by atoms with Gasteiger partial charge in [0.25, 0.3) is 0 Å². The largest absolute Gasteiger partial charge is 0.462 e. The number of carbonyl (C=O) groups is 2. The van der Waals surface area contributed by atoms with E-state index in [9.17, 15) is 14.7 Å². The van der Waals surface area contributed by atoms with Crippen LogP contribution in [0.4, 0.5) is 0 Å². The molecule has 2 bridgehead atoms. The van der Waals surface area contributed by atoms with Gasteiger partial charge in [-0.25, -0.2) is 0 Å². The summed E-state index contributed by atoms with van der Waals surface area (Å²) in [5.41, 5.74) is 1.02. The van der Waals surface area contributed by atoms with Crippen LogP contribution in [0.1, 0.15) is 104 Å². The molecule has 12 atom stereocenters. The lowest BCUT2D eigenvalue weighted by Crippen LogP contribution is -2.57. The average molecular weight is 761 g/mol. The van der Waals surface area contributed by atoms with Crippen molar-refractivity contribution in [1.29, 1.82) is 0 Å². The van der Waals surface area contributed by atoms with Crippen LogP contribution in [0.15, 0.2) is 77.4 Å². The van der Waals surface area contributed by atoms with E-state index in [2.05, 4.69) is 45.9 Å². The number of benzene rings is 1. The number of rotatable bonds is 7. The number of carbonyl (C=O) groups excluding carboxylic acids is 2. The molecule has 5 heterocycles. The second-order valence-corrected chi connectivity index (χ2v) is 16.6. The van der Waals surface area contributed by atoms with Crippen molar-refractivity contribution in [1.82, 2.24) is 0 Å². The number of allylic oxidation sites excluding steroid dienone is 2. The van der Waals surface area contributed by atoms with Gasteiger partial charge in [-0.15, -0.1) is 0 Å². The predicted octanol–water partition coefficient (Wildman–Crippen LogP) is 7.41. The van der Waals surface area contributed by atoms with Gasteiger partial charge in [0.1, 0.15) is 23.7 Å². The lowest BCUT2D eigenvalue weighted by atomic mass is 9.71. The number of hydrogen-bond donors (Lipinski definition) is 1. The number of ether oxygens (including phenoxy) is 7. The third-order valence-corrected chi connectivity index (χ3v) is 12.6. The summed E-state index contributed by atoms with van der Waals surface area (Å²) in [6.07, 6.45) is 13.4. The summed E-state index contributed by atoms with van der Waals surface area (Å²) in [6.45, 7) is 11.2. The first-order chi connectivity index (χ1) is 26.5. The summed E-state index contributed by atoms with van der Waals surface area (Å²) < 4.78 is 45.3. The molecule has 0 saturated carbocycles. The monoisotopic (exact) mass is 760 g/mol. The summed E-state index contributed by atoms with van der Waals surface area (Å²) in [5, 5.41) is 12.4. The van der Waals surface area contributed by atoms with Crippen molar-refractivity contribution in [2.45, 2.75) is 147 Å². The van der Waals surface area contributed by atoms with E-state index in [0.29, 0.717) is 56.0 Å². The molecule has 7 rings (SSSR count). The predicted molar refractivity (Wildman–Crippen MR) is 206 cm³/mol. The minimum atomic E-state index is -1.88. The molecule has 1 spiro atoms. The minimum absolute atomic E-state index is 0.0155. The van der Waals surface area contributed by atoms with Gasteiger partial charge in [-0.05, 0) is 80.6 Å². The highest BCUT2D eigenvalue weighted by atomic mass is 16.7. The topological polar surface area (TPSA) is 119 Å². The molecule has 2 unspecified atom stereocenters. The van der Waals surface area contributed by atoms with Gasteiger partial charge in [0.15, 0.2) is 24.0 Å². The zero-order valence-corrected chi connectivity index (χ0v) is 33.2. The van der Waals surface area contributed by atoms with Crippen LogP contribution in [0.3, 0.4) is 0 Å². The zero-order valence-electron chi connectivity index (χ0n) is 33.2. The maximum atomic E-state index is 14.2. The SMILES string of the molecule is CC[C@H]1O[C@]2(CC[C@@H]1C)C[C@@H]1C[C@@H](C/C=C(\C)[C@H](OCC(OC3CCCCO3)c3ccccc3)[C@@H](C)/C=C/C=C3\CO[C@@H]4C(=O)C(C)=C[C@@H](C(=O)O1)[C@]34O)O2. The lowest BCUT2D eigenvalue weighted by Gasteiger charge is -2.49. The Kier molecular flexibility index (Phi) is 12.6. The molecule has 10 heteroatoms. The van der Waals surface area contributed by atoms with Gasteiger partial charge >= 0.3 is 5.97 Å². The fourth-order valence-electron chi connectivity index (χ4n) is 9.37. The molecule has 5 aliphatic heterocycles. The Morgan fingerprint density at radius 3 is 2.60 bits per heavy atom. The first-order valence-corrected chi connectivity index (χ1v) is 20.6. The number of fused-ring (bicyclic) bond motifs is 2. The van der Waals surface area contributed by atoms with Crippen molar-refractivity contribution in [2.75, 3.05) is 19.8 Å². The molecule has 4 fully saturated rings.